The third kappa shape index (κ3) is 5.45. The molecule has 0 spiro atoms. The fourth-order valence-electron chi connectivity index (χ4n) is 3.06. The van der Waals surface area contributed by atoms with Crippen molar-refractivity contribution in [3.8, 4) is 5.75 Å². The largest absolute Gasteiger partial charge is 0.497 e. The molecule has 1 heterocycles. The Hall–Kier alpha value is -3.09. The smallest absolute Gasteiger partial charge is 0.313 e. The number of hydrogen-bond donors (Lipinski definition) is 2. The molecule has 2 rings (SSSR count). The van der Waals surface area contributed by atoms with E-state index in [1.165, 1.54) is 6.92 Å². The summed E-state index contributed by atoms with van der Waals surface area (Å²) in [5, 5.41) is 5.13. The van der Waals surface area contributed by atoms with E-state index in [4.69, 9.17) is 9.47 Å². The molecule has 0 unspecified atom stereocenters. The highest BCUT2D eigenvalue weighted by atomic mass is 16.5. The van der Waals surface area contributed by atoms with Crippen LogP contribution in [0.25, 0.3) is 5.57 Å². The molecule has 1 aromatic carbocycles. The number of amides is 2. The van der Waals surface area contributed by atoms with Crippen molar-refractivity contribution in [1.29, 1.82) is 0 Å². The number of Topliss-reactive ketones (excluding diaryl/α,β-unsaturated/α-hetero) is 1. The molecule has 0 fully saturated rings. The third-order valence-electron chi connectivity index (χ3n) is 4.17. The topological polar surface area (TPSA) is 93.7 Å². The van der Waals surface area contributed by atoms with Crippen molar-refractivity contribution < 1.29 is 23.9 Å². The first-order valence-electron chi connectivity index (χ1n) is 8.93. The van der Waals surface area contributed by atoms with E-state index in [2.05, 4.69) is 10.6 Å². The Balaban J connectivity index is 2.13. The number of allylic oxidation sites excluding steroid dienone is 2. The van der Waals surface area contributed by atoms with Crippen molar-refractivity contribution in [1.82, 2.24) is 5.32 Å². The summed E-state index contributed by atoms with van der Waals surface area (Å²) < 4.78 is 10.7. The molecule has 0 aromatic heterocycles. The first-order chi connectivity index (χ1) is 13.1. The third-order valence-corrected chi connectivity index (χ3v) is 4.17. The van der Waals surface area contributed by atoms with Crippen molar-refractivity contribution in [3.05, 3.63) is 41.7 Å². The van der Waals surface area contributed by atoms with E-state index in [0.717, 1.165) is 16.7 Å². The normalized spacial score (nSPS) is 13.6. The fourth-order valence-corrected chi connectivity index (χ4v) is 3.06. The van der Waals surface area contributed by atoms with Crippen LogP contribution in [0.5, 0.6) is 5.75 Å². The fraction of sp³-hybridized carbons (Fsp3) is 0.381. The van der Waals surface area contributed by atoms with Gasteiger partial charge in [0.2, 0.25) is 0 Å². The summed E-state index contributed by atoms with van der Waals surface area (Å²) in [5.74, 6) is -1.12. The molecule has 1 aliphatic heterocycles. The molecule has 0 bridgehead atoms. The maximum atomic E-state index is 12.2. The molecule has 7 nitrogen and oxygen atoms in total. The van der Waals surface area contributed by atoms with E-state index >= 15 is 0 Å². The predicted molar refractivity (Wildman–Crippen MR) is 107 cm³/mol. The first kappa shape index (κ1) is 21.2. The summed E-state index contributed by atoms with van der Waals surface area (Å²) in [6.07, 6.45) is 3.79. The van der Waals surface area contributed by atoms with E-state index < -0.39 is 17.4 Å². The van der Waals surface area contributed by atoms with Gasteiger partial charge in [0, 0.05) is 29.3 Å². The summed E-state index contributed by atoms with van der Waals surface area (Å²) in [6.45, 7) is 7.23. The van der Waals surface area contributed by atoms with Gasteiger partial charge in [0.25, 0.3) is 0 Å². The Labute approximate surface area is 164 Å². The molecule has 150 valence electrons. The monoisotopic (exact) mass is 386 g/mol. The second-order valence-electron chi connectivity index (χ2n) is 7.34. The molecule has 1 aliphatic rings. The second kappa shape index (κ2) is 8.73. The van der Waals surface area contributed by atoms with Crippen molar-refractivity contribution in [3.63, 3.8) is 0 Å². The van der Waals surface area contributed by atoms with Gasteiger partial charge in [-0.05, 0) is 57.0 Å². The molecule has 2 amide bonds. The lowest BCUT2D eigenvalue weighted by molar-refractivity contribution is -0.137. The number of carbonyl (C=O) groups excluding carboxylic acids is 3. The summed E-state index contributed by atoms with van der Waals surface area (Å²) >= 11 is 0. The lowest BCUT2D eigenvalue weighted by Crippen LogP contribution is -2.48. The van der Waals surface area contributed by atoms with Crippen molar-refractivity contribution in [2.75, 3.05) is 19.0 Å². The van der Waals surface area contributed by atoms with E-state index in [1.54, 1.807) is 39.4 Å². The van der Waals surface area contributed by atoms with Gasteiger partial charge >= 0.3 is 11.8 Å². The number of hydrogen-bond acceptors (Lipinski definition) is 5. The maximum Gasteiger partial charge on any atom is 0.313 e. The van der Waals surface area contributed by atoms with Gasteiger partial charge in [0.05, 0.1) is 13.4 Å². The van der Waals surface area contributed by atoms with Gasteiger partial charge in [-0.15, -0.1) is 0 Å². The quantitative estimate of drug-likeness (QED) is 0.733. The highest BCUT2D eigenvalue weighted by molar-refractivity contribution is 6.39. The summed E-state index contributed by atoms with van der Waals surface area (Å²) in [5.41, 5.74) is 2.45. The lowest BCUT2D eigenvalue weighted by atomic mass is 9.97. The number of benzene rings is 1. The molecular weight excluding hydrogens is 360 g/mol. The summed E-state index contributed by atoms with van der Waals surface area (Å²) in [4.78, 5) is 35.7. The van der Waals surface area contributed by atoms with Crippen molar-refractivity contribution in [2.24, 2.45) is 0 Å². The summed E-state index contributed by atoms with van der Waals surface area (Å²) in [7, 11) is 1.54. The Bertz CT molecular complexity index is 852. The number of ketones is 1. The molecule has 1 aromatic rings. The molecule has 2 N–H and O–H groups in total. The molecule has 0 atom stereocenters. The van der Waals surface area contributed by atoms with Gasteiger partial charge in [0.15, 0.2) is 0 Å². The zero-order valence-corrected chi connectivity index (χ0v) is 16.8. The first-order valence-corrected chi connectivity index (χ1v) is 8.93. The van der Waals surface area contributed by atoms with E-state index in [0.29, 0.717) is 18.0 Å². The molecule has 0 saturated carbocycles. The zero-order chi connectivity index (χ0) is 20.9. The van der Waals surface area contributed by atoms with Crippen LogP contribution >= 0.6 is 0 Å². The minimum atomic E-state index is -0.812. The van der Waals surface area contributed by atoms with Gasteiger partial charge in [-0.3, -0.25) is 14.4 Å². The maximum absolute atomic E-state index is 12.2. The van der Waals surface area contributed by atoms with E-state index in [1.807, 2.05) is 19.1 Å². The van der Waals surface area contributed by atoms with Crippen LogP contribution in [0.1, 0.15) is 39.7 Å². The van der Waals surface area contributed by atoms with Crippen LogP contribution in [-0.4, -0.2) is 36.9 Å². The molecule has 28 heavy (non-hydrogen) atoms. The van der Waals surface area contributed by atoms with Gasteiger partial charge in [0.1, 0.15) is 18.1 Å². The highest BCUT2D eigenvalue weighted by Gasteiger charge is 2.26. The second-order valence-corrected chi connectivity index (χ2v) is 7.34. The van der Waals surface area contributed by atoms with Crippen LogP contribution < -0.4 is 15.4 Å². The van der Waals surface area contributed by atoms with Crippen LogP contribution in [0.3, 0.4) is 0 Å². The number of methoxy groups -OCH3 is 1. The number of rotatable bonds is 6. The Morgan fingerprint density at radius 1 is 1.21 bits per heavy atom. The van der Waals surface area contributed by atoms with Crippen molar-refractivity contribution in [2.45, 2.75) is 39.7 Å². The molecular formula is C21H26N2O5. The van der Waals surface area contributed by atoms with Gasteiger partial charge < -0.3 is 20.1 Å². The Morgan fingerprint density at radius 3 is 2.54 bits per heavy atom. The number of anilines is 1. The molecule has 7 heteroatoms. The van der Waals surface area contributed by atoms with E-state index in [9.17, 15) is 14.4 Å². The average Bonchev–Trinajstić information content (AvgIpc) is 2.60. The molecule has 0 saturated heterocycles. The minimum absolute atomic E-state index is 0.0715. The number of ether oxygens (including phenoxy) is 2. The lowest BCUT2D eigenvalue weighted by Gasteiger charge is -2.24. The highest BCUT2D eigenvalue weighted by Crippen LogP contribution is 2.34. The zero-order valence-electron chi connectivity index (χ0n) is 16.8. The van der Waals surface area contributed by atoms with Gasteiger partial charge in [-0.2, -0.15) is 0 Å². The average molecular weight is 386 g/mol. The number of nitrogens with one attached hydrogen (secondary N) is 2. The summed E-state index contributed by atoms with van der Waals surface area (Å²) in [6, 6.07) is 5.18. The van der Waals surface area contributed by atoms with Gasteiger partial charge in [-0.1, -0.05) is 0 Å². The van der Waals surface area contributed by atoms with E-state index in [-0.39, 0.29) is 12.2 Å². The predicted octanol–water partition coefficient (Wildman–Crippen LogP) is 2.83. The van der Waals surface area contributed by atoms with Crippen LogP contribution in [0.15, 0.2) is 36.1 Å². The molecule has 0 radical (unpaired) electrons. The Kier molecular flexibility index (Phi) is 6.62. The minimum Gasteiger partial charge on any atom is -0.497 e. The van der Waals surface area contributed by atoms with Crippen LogP contribution in [-0.2, 0) is 19.1 Å². The SMILES string of the molecule is COc1cc(NC(=O)C(=O)NC(C)(C)CC(C)=O)ccc1C1=CCOC=C1C. The van der Waals surface area contributed by atoms with Gasteiger partial charge in [-0.25, -0.2) is 0 Å². The van der Waals surface area contributed by atoms with Crippen LogP contribution in [0.2, 0.25) is 0 Å². The van der Waals surface area contributed by atoms with Crippen LogP contribution in [0, 0.1) is 0 Å². The van der Waals surface area contributed by atoms with Crippen LogP contribution in [0.4, 0.5) is 5.69 Å². The molecule has 0 aliphatic carbocycles. The standard InChI is InChI=1S/C21H26N2O5/c1-13-12-28-9-8-16(13)17-7-6-15(10-18(17)27-5)22-19(25)20(26)23-21(3,4)11-14(2)24/h6-8,10,12H,9,11H2,1-5H3,(H,22,25)(H,23,26). The van der Waals surface area contributed by atoms with Crippen molar-refractivity contribution >= 4 is 28.9 Å². The number of carbonyl (C=O) groups is 3. The Morgan fingerprint density at radius 2 is 1.93 bits per heavy atom.